The molecule has 0 spiro atoms. The van der Waals surface area contributed by atoms with Crippen molar-refractivity contribution in [3.63, 3.8) is 0 Å². The molecular formula is C17H19FN4O. The van der Waals surface area contributed by atoms with Crippen LogP contribution in [0.2, 0.25) is 0 Å². The number of aryl methyl sites for hydroxylation is 1. The van der Waals surface area contributed by atoms with Gasteiger partial charge in [-0.25, -0.2) is 4.39 Å². The van der Waals surface area contributed by atoms with E-state index in [4.69, 9.17) is 0 Å². The number of carbonyl (C=O) groups excluding carboxylic acids is 1. The van der Waals surface area contributed by atoms with Crippen LogP contribution in [0.25, 0.3) is 5.69 Å². The number of nitrogens with one attached hydrogen (secondary N) is 1. The van der Waals surface area contributed by atoms with E-state index in [-0.39, 0.29) is 23.0 Å². The molecule has 2 rings (SSSR count). The Morgan fingerprint density at radius 2 is 2.13 bits per heavy atom. The summed E-state index contributed by atoms with van der Waals surface area (Å²) in [4.78, 5) is 14.4. The van der Waals surface area contributed by atoms with Gasteiger partial charge < -0.3 is 14.8 Å². The van der Waals surface area contributed by atoms with Crippen molar-refractivity contribution < 1.29 is 9.18 Å². The standard InChI is InChI=1S/C17H19FN4O/c1-12-10-14(18)4-5-15(12)22-8-6-13(11-19)16(22)17(23)20-7-9-21(2)3/h4-6,8,10H,7,9H2,1-3H3,(H,20,23). The Labute approximate surface area is 134 Å². The lowest BCUT2D eigenvalue weighted by Crippen LogP contribution is -2.32. The molecule has 1 N–H and O–H groups in total. The largest absolute Gasteiger partial charge is 0.349 e. The summed E-state index contributed by atoms with van der Waals surface area (Å²) < 4.78 is 14.9. The van der Waals surface area contributed by atoms with Gasteiger partial charge in [-0.1, -0.05) is 0 Å². The van der Waals surface area contributed by atoms with Crippen LogP contribution < -0.4 is 5.32 Å². The van der Waals surface area contributed by atoms with Crippen LogP contribution in [-0.2, 0) is 0 Å². The third-order valence-corrected chi connectivity index (χ3v) is 3.48. The molecule has 1 amide bonds. The van der Waals surface area contributed by atoms with E-state index in [1.807, 2.05) is 25.1 Å². The van der Waals surface area contributed by atoms with Gasteiger partial charge in [0.25, 0.3) is 5.91 Å². The summed E-state index contributed by atoms with van der Waals surface area (Å²) in [5.41, 5.74) is 1.91. The number of rotatable bonds is 5. The van der Waals surface area contributed by atoms with Crippen molar-refractivity contribution in [2.45, 2.75) is 6.92 Å². The van der Waals surface area contributed by atoms with Crippen LogP contribution >= 0.6 is 0 Å². The van der Waals surface area contributed by atoms with Crippen LogP contribution in [0.1, 0.15) is 21.6 Å². The minimum absolute atomic E-state index is 0.265. The molecule has 6 heteroatoms. The highest BCUT2D eigenvalue weighted by Gasteiger charge is 2.19. The Bertz CT molecular complexity index is 758. The highest BCUT2D eigenvalue weighted by molar-refractivity contribution is 5.96. The maximum Gasteiger partial charge on any atom is 0.269 e. The maximum atomic E-state index is 13.3. The van der Waals surface area contributed by atoms with Crippen molar-refractivity contribution in [2.75, 3.05) is 27.2 Å². The number of nitriles is 1. The number of carbonyl (C=O) groups is 1. The van der Waals surface area contributed by atoms with Crippen molar-refractivity contribution in [3.05, 3.63) is 53.1 Å². The first-order valence-electron chi connectivity index (χ1n) is 7.25. The fourth-order valence-corrected chi connectivity index (χ4v) is 2.32. The predicted octanol–water partition coefficient (Wildman–Crippen LogP) is 2.09. The summed E-state index contributed by atoms with van der Waals surface area (Å²) in [6, 6.07) is 7.95. The second-order valence-electron chi connectivity index (χ2n) is 5.55. The van der Waals surface area contributed by atoms with Gasteiger partial charge in [-0.05, 0) is 50.8 Å². The van der Waals surface area contributed by atoms with Gasteiger partial charge >= 0.3 is 0 Å². The zero-order chi connectivity index (χ0) is 17.0. The molecule has 0 saturated heterocycles. The third-order valence-electron chi connectivity index (χ3n) is 3.48. The van der Waals surface area contributed by atoms with Gasteiger partial charge in [0.05, 0.1) is 5.56 Å². The second-order valence-corrected chi connectivity index (χ2v) is 5.55. The first-order valence-corrected chi connectivity index (χ1v) is 7.25. The smallest absolute Gasteiger partial charge is 0.269 e. The molecule has 1 aromatic carbocycles. The Morgan fingerprint density at radius 1 is 1.39 bits per heavy atom. The summed E-state index contributed by atoms with van der Waals surface area (Å²) in [5.74, 6) is -0.659. The summed E-state index contributed by atoms with van der Waals surface area (Å²) in [6.45, 7) is 2.94. The number of likely N-dealkylation sites (N-methyl/N-ethyl adjacent to an activating group) is 1. The van der Waals surface area contributed by atoms with E-state index in [1.165, 1.54) is 12.1 Å². The number of amides is 1. The van der Waals surface area contributed by atoms with Gasteiger partial charge in [0.15, 0.2) is 0 Å². The molecule has 120 valence electrons. The Morgan fingerprint density at radius 3 is 2.74 bits per heavy atom. The zero-order valence-electron chi connectivity index (χ0n) is 13.4. The number of halogens is 1. The molecule has 0 radical (unpaired) electrons. The van der Waals surface area contributed by atoms with E-state index in [0.29, 0.717) is 24.3 Å². The van der Waals surface area contributed by atoms with E-state index in [0.717, 1.165) is 0 Å². The molecule has 0 fully saturated rings. The van der Waals surface area contributed by atoms with Gasteiger partial charge in [-0.15, -0.1) is 0 Å². The molecule has 0 aliphatic carbocycles. The molecule has 0 atom stereocenters. The fraction of sp³-hybridized carbons (Fsp3) is 0.294. The van der Waals surface area contributed by atoms with E-state index in [2.05, 4.69) is 5.32 Å². The SMILES string of the molecule is Cc1cc(F)ccc1-n1ccc(C#N)c1C(=O)NCCN(C)C. The van der Waals surface area contributed by atoms with Crippen molar-refractivity contribution in [3.8, 4) is 11.8 Å². The van der Waals surface area contributed by atoms with Crippen LogP contribution in [0.15, 0.2) is 30.5 Å². The summed E-state index contributed by atoms with van der Waals surface area (Å²) in [7, 11) is 3.83. The molecule has 1 heterocycles. The van der Waals surface area contributed by atoms with Crippen LogP contribution in [0, 0.1) is 24.1 Å². The Hall–Kier alpha value is -2.65. The topological polar surface area (TPSA) is 61.1 Å². The number of benzene rings is 1. The third kappa shape index (κ3) is 3.76. The van der Waals surface area contributed by atoms with Gasteiger partial charge in [-0.2, -0.15) is 5.26 Å². The molecule has 23 heavy (non-hydrogen) atoms. The van der Waals surface area contributed by atoms with Crippen LogP contribution in [0.4, 0.5) is 4.39 Å². The van der Waals surface area contributed by atoms with Crippen LogP contribution in [0.3, 0.4) is 0 Å². The molecule has 5 nitrogen and oxygen atoms in total. The lowest BCUT2D eigenvalue weighted by atomic mass is 10.2. The first-order chi connectivity index (χ1) is 10.9. The van der Waals surface area contributed by atoms with E-state index >= 15 is 0 Å². The molecule has 0 saturated carbocycles. The van der Waals surface area contributed by atoms with Crippen molar-refractivity contribution in [1.29, 1.82) is 5.26 Å². The summed E-state index contributed by atoms with van der Waals surface area (Å²) >= 11 is 0. The predicted molar refractivity (Wildman–Crippen MR) is 86.1 cm³/mol. The van der Waals surface area contributed by atoms with Crippen LogP contribution in [0.5, 0.6) is 0 Å². The van der Waals surface area contributed by atoms with Gasteiger partial charge in [-0.3, -0.25) is 4.79 Å². The Balaban J connectivity index is 2.37. The normalized spacial score (nSPS) is 10.6. The van der Waals surface area contributed by atoms with E-state index < -0.39 is 0 Å². The molecule has 0 bridgehead atoms. The Kier molecular flexibility index (Phi) is 5.14. The quantitative estimate of drug-likeness (QED) is 0.919. The average Bonchev–Trinajstić information content (AvgIpc) is 2.90. The molecule has 0 unspecified atom stereocenters. The first kappa shape index (κ1) is 16.7. The number of nitrogens with zero attached hydrogens (tertiary/aromatic N) is 3. The van der Waals surface area contributed by atoms with Gasteiger partial charge in [0.1, 0.15) is 17.6 Å². The molecular weight excluding hydrogens is 295 g/mol. The highest BCUT2D eigenvalue weighted by atomic mass is 19.1. The highest BCUT2D eigenvalue weighted by Crippen LogP contribution is 2.21. The monoisotopic (exact) mass is 314 g/mol. The van der Waals surface area contributed by atoms with E-state index in [9.17, 15) is 14.4 Å². The van der Waals surface area contributed by atoms with Crippen molar-refractivity contribution in [1.82, 2.24) is 14.8 Å². The van der Waals surface area contributed by atoms with Crippen molar-refractivity contribution in [2.24, 2.45) is 0 Å². The lowest BCUT2D eigenvalue weighted by molar-refractivity contribution is 0.0944. The minimum Gasteiger partial charge on any atom is -0.349 e. The maximum absolute atomic E-state index is 13.3. The second kappa shape index (κ2) is 7.07. The summed E-state index contributed by atoms with van der Waals surface area (Å²) in [6.07, 6.45) is 1.65. The average molecular weight is 314 g/mol. The number of hydrogen-bond donors (Lipinski definition) is 1. The van der Waals surface area contributed by atoms with E-state index in [1.54, 1.807) is 29.8 Å². The fourth-order valence-electron chi connectivity index (χ4n) is 2.32. The lowest BCUT2D eigenvalue weighted by Gasteiger charge is -2.14. The molecule has 1 aromatic heterocycles. The summed E-state index contributed by atoms with van der Waals surface area (Å²) in [5, 5.41) is 12.0. The van der Waals surface area contributed by atoms with Gasteiger partial charge in [0.2, 0.25) is 0 Å². The minimum atomic E-state index is -0.337. The molecule has 0 aliphatic rings. The molecule has 2 aromatic rings. The van der Waals surface area contributed by atoms with Gasteiger partial charge in [0, 0.05) is 25.0 Å². The number of aromatic nitrogens is 1. The van der Waals surface area contributed by atoms with Crippen molar-refractivity contribution >= 4 is 5.91 Å². The number of hydrogen-bond acceptors (Lipinski definition) is 3. The van der Waals surface area contributed by atoms with Crippen LogP contribution in [-0.4, -0.2) is 42.6 Å². The molecule has 0 aliphatic heterocycles. The zero-order valence-corrected chi connectivity index (χ0v) is 13.4.